The third-order valence-corrected chi connectivity index (χ3v) is 4.16. The fourth-order valence-electron chi connectivity index (χ4n) is 2.20. The van der Waals surface area contributed by atoms with Gasteiger partial charge in [0.25, 0.3) is 0 Å². The molecule has 0 spiro atoms. The van der Waals surface area contributed by atoms with Gasteiger partial charge in [0.1, 0.15) is 0 Å². The van der Waals surface area contributed by atoms with Crippen LogP contribution in [-0.4, -0.2) is 12.5 Å². The number of anilines is 1. The Hall–Kier alpha value is -1.65. The SMILES string of the molecule is Cc1ccc(NC(=O)CCNC(C)c2ccccc2)c(Br)c1. The second-order valence-electron chi connectivity index (χ2n) is 5.37. The molecule has 0 radical (unpaired) electrons. The Balaban J connectivity index is 1.78. The number of carbonyl (C=O) groups is 1. The molecule has 2 N–H and O–H groups in total. The molecule has 0 aliphatic heterocycles. The summed E-state index contributed by atoms with van der Waals surface area (Å²) in [6.45, 7) is 4.76. The van der Waals surface area contributed by atoms with E-state index in [9.17, 15) is 4.79 Å². The molecule has 3 nitrogen and oxygen atoms in total. The third kappa shape index (κ3) is 4.97. The van der Waals surface area contributed by atoms with Gasteiger partial charge in [-0.15, -0.1) is 0 Å². The first-order valence-electron chi connectivity index (χ1n) is 7.40. The van der Waals surface area contributed by atoms with Crippen LogP contribution in [0.1, 0.15) is 30.5 Å². The molecule has 1 amide bonds. The number of hydrogen-bond acceptors (Lipinski definition) is 2. The van der Waals surface area contributed by atoms with Crippen LogP contribution < -0.4 is 10.6 Å². The minimum atomic E-state index is 0.0114. The number of benzene rings is 2. The largest absolute Gasteiger partial charge is 0.325 e. The minimum Gasteiger partial charge on any atom is -0.325 e. The lowest BCUT2D eigenvalue weighted by Gasteiger charge is -2.14. The van der Waals surface area contributed by atoms with E-state index in [1.807, 2.05) is 43.3 Å². The number of nitrogens with one attached hydrogen (secondary N) is 2. The molecule has 0 saturated carbocycles. The Morgan fingerprint density at radius 3 is 2.59 bits per heavy atom. The molecule has 116 valence electrons. The van der Waals surface area contributed by atoms with E-state index in [1.165, 1.54) is 5.56 Å². The van der Waals surface area contributed by atoms with Gasteiger partial charge in [-0.1, -0.05) is 36.4 Å². The Labute approximate surface area is 140 Å². The summed E-state index contributed by atoms with van der Waals surface area (Å²) in [5.41, 5.74) is 3.19. The van der Waals surface area contributed by atoms with Crippen LogP contribution in [0.4, 0.5) is 5.69 Å². The number of rotatable bonds is 6. The average Bonchev–Trinajstić information content (AvgIpc) is 2.51. The standard InChI is InChI=1S/C18H21BrN2O/c1-13-8-9-17(16(19)12-13)21-18(22)10-11-20-14(2)15-6-4-3-5-7-15/h3-9,12,14,20H,10-11H2,1-2H3,(H,21,22). The van der Waals surface area contributed by atoms with Crippen LogP contribution in [0.25, 0.3) is 0 Å². The normalized spacial score (nSPS) is 12.0. The van der Waals surface area contributed by atoms with Gasteiger partial charge in [0.15, 0.2) is 0 Å². The summed E-state index contributed by atoms with van der Waals surface area (Å²) in [4.78, 5) is 12.0. The van der Waals surface area contributed by atoms with Crippen molar-refractivity contribution in [3.8, 4) is 0 Å². The maximum absolute atomic E-state index is 12.0. The highest BCUT2D eigenvalue weighted by Crippen LogP contribution is 2.23. The number of amides is 1. The fourth-order valence-corrected chi connectivity index (χ4v) is 2.79. The van der Waals surface area contributed by atoms with Gasteiger partial charge in [-0.25, -0.2) is 0 Å². The monoisotopic (exact) mass is 360 g/mol. The smallest absolute Gasteiger partial charge is 0.225 e. The van der Waals surface area contributed by atoms with E-state index in [2.05, 4.69) is 45.6 Å². The highest BCUT2D eigenvalue weighted by Gasteiger charge is 2.08. The highest BCUT2D eigenvalue weighted by molar-refractivity contribution is 9.10. The maximum Gasteiger partial charge on any atom is 0.225 e. The summed E-state index contributed by atoms with van der Waals surface area (Å²) < 4.78 is 0.909. The van der Waals surface area contributed by atoms with Crippen molar-refractivity contribution in [2.24, 2.45) is 0 Å². The van der Waals surface area contributed by atoms with Gasteiger partial charge in [0, 0.05) is 23.5 Å². The van der Waals surface area contributed by atoms with Crippen LogP contribution in [0.15, 0.2) is 53.0 Å². The lowest BCUT2D eigenvalue weighted by atomic mass is 10.1. The van der Waals surface area contributed by atoms with E-state index in [1.54, 1.807) is 0 Å². The van der Waals surface area contributed by atoms with Crippen molar-refractivity contribution in [3.63, 3.8) is 0 Å². The summed E-state index contributed by atoms with van der Waals surface area (Å²) in [5, 5.41) is 6.29. The number of aryl methyl sites for hydroxylation is 1. The molecule has 22 heavy (non-hydrogen) atoms. The van der Waals surface area contributed by atoms with E-state index in [0.717, 1.165) is 15.7 Å². The van der Waals surface area contributed by atoms with Gasteiger partial charge in [0.2, 0.25) is 5.91 Å². The Bertz CT molecular complexity index is 628. The Morgan fingerprint density at radius 2 is 1.91 bits per heavy atom. The van der Waals surface area contributed by atoms with Gasteiger partial charge in [-0.2, -0.15) is 0 Å². The molecule has 1 unspecified atom stereocenters. The number of halogens is 1. The molecule has 0 aliphatic carbocycles. The van der Waals surface area contributed by atoms with Gasteiger partial charge < -0.3 is 10.6 Å². The second kappa shape index (κ2) is 8.11. The van der Waals surface area contributed by atoms with Gasteiger partial charge in [0.05, 0.1) is 5.69 Å². The Kier molecular flexibility index (Phi) is 6.16. The molecule has 2 aromatic carbocycles. The number of carbonyl (C=O) groups excluding carboxylic acids is 1. The van der Waals surface area contributed by atoms with E-state index in [-0.39, 0.29) is 11.9 Å². The number of hydrogen-bond donors (Lipinski definition) is 2. The lowest BCUT2D eigenvalue weighted by molar-refractivity contribution is -0.116. The van der Waals surface area contributed by atoms with Gasteiger partial charge >= 0.3 is 0 Å². The lowest BCUT2D eigenvalue weighted by Crippen LogP contribution is -2.24. The zero-order valence-corrected chi connectivity index (χ0v) is 14.5. The molecule has 0 aromatic heterocycles. The van der Waals surface area contributed by atoms with Crippen molar-refractivity contribution in [2.75, 3.05) is 11.9 Å². The minimum absolute atomic E-state index is 0.0114. The van der Waals surface area contributed by atoms with E-state index < -0.39 is 0 Å². The van der Waals surface area contributed by atoms with E-state index in [4.69, 9.17) is 0 Å². The highest BCUT2D eigenvalue weighted by atomic mass is 79.9. The van der Waals surface area contributed by atoms with Crippen LogP contribution in [0.5, 0.6) is 0 Å². The molecular formula is C18H21BrN2O. The van der Waals surface area contributed by atoms with Crippen molar-refractivity contribution in [1.29, 1.82) is 0 Å². The summed E-state index contributed by atoms with van der Waals surface area (Å²) in [6.07, 6.45) is 0.442. The second-order valence-corrected chi connectivity index (χ2v) is 6.22. The molecule has 0 aliphatic rings. The molecule has 0 heterocycles. The predicted molar refractivity (Wildman–Crippen MR) is 95.0 cm³/mol. The first kappa shape index (κ1) is 16.7. The Morgan fingerprint density at radius 1 is 1.18 bits per heavy atom. The van der Waals surface area contributed by atoms with Crippen LogP contribution in [0, 0.1) is 6.92 Å². The molecule has 2 aromatic rings. The van der Waals surface area contributed by atoms with Crippen LogP contribution in [-0.2, 0) is 4.79 Å². The van der Waals surface area contributed by atoms with Gasteiger partial charge in [-0.3, -0.25) is 4.79 Å². The molecule has 4 heteroatoms. The van der Waals surface area contributed by atoms with Gasteiger partial charge in [-0.05, 0) is 53.0 Å². The molecule has 0 saturated heterocycles. The van der Waals surface area contributed by atoms with Crippen LogP contribution in [0.3, 0.4) is 0 Å². The van der Waals surface area contributed by atoms with Crippen molar-refractivity contribution < 1.29 is 4.79 Å². The topological polar surface area (TPSA) is 41.1 Å². The summed E-state index contributed by atoms with van der Waals surface area (Å²) >= 11 is 3.47. The molecule has 2 rings (SSSR count). The van der Waals surface area contributed by atoms with Crippen molar-refractivity contribution in [2.45, 2.75) is 26.3 Å². The predicted octanol–water partition coefficient (Wildman–Crippen LogP) is 4.44. The van der Waals surface area contributed by atoms with E-state index in [0.29, 0.717) is 13.0 Å². The average molecular weight is 361 g/mol. The first-order valence-corrected chi connectivity index (χ1v) is 8.20. The summed E-state index contributed by atoms with van der Waals surface area (Å²) in [7, 11) is 0. The fraction of sp³-hybridized carbons (Fsp3) is 0.278. The molecular weight excluding hydrogens is 340 g/mol. The first-order chi connectivity index (χ1) is 10.6. The zero-order chi connectivity index (χ0) is 15.9. The maximum atomic E-state index is 12.0. The third-order valence-electron chi connectivity index (χ3n) is 3.50. The molecule has 1 atom stereocenters. The van der Waals surface area contributed by atoms with Crippen molar-refractivity contribution in [1.82, 2.24) is 5.32 Å². The van der Waals surface area contributed by atoms with Crippen molar-refractivity contribution in [3.05, 3.63) is 64.1 Å². The van der Waals surface area contributed by atoms with Crippen LogP contribution >= 0.6 is 15.9 Å². The summed E-state index contributed by atoms with van der Waals surface area (Å²) in [6, 6.07) is 16.3. The van der Waals surface area contributed by atoms with E-state index >= 15 is 0 Å². The molecule has 0 fully saturated rings. The quantitative estimate of drug-likeness (QED) is 0.799. The van der Waals surface area contributed by atoms with Crippen LogP contribution in [0.2, 0.25) is 0 Å². The molecule has 0 bridgehead atoms. The zero-order valence-electron chi connectivity index (χ0n) is 12.9. The summed E-state index contributed by atoms with van der Waals surface area (Å²) in [5.74, 6) is 0.0114. The van der Waals surface area contributed by atoms with Crippen molar-refractivity contribution >= 4 is 27.5 Å².